The van der Waals surface area contributed by atoms with Crippen LogP contribution in [0.5, 0.6) is 5.75 Å². The van der Waals surface area contributed by atoms with Gasteiger partial charge in [-0.25, -0.2) is 9.37 Å². The molecule has 2 heterocycles. The number of nitriles is 1. The molecule has 0 unspecified atom stereocenters. The number of fused-ring (bicyclic) bond motifs is 3. The SMILES string of the molecule is COc1ccc([C@@H]2C(C#N)=C(N)Nc3nc4ccccc4n32)c(F)c1. The van der Waals surface area contributed by atoms with Crippen LogP contribution in [0.15, 0.2) is 53.9 Å². The van der Waals surface area contributed by atoms with Gasteiger partial charge < -0.3 is 15.8 Å². The van der Waals surface area contributed by atoms with Crippen LogP contribution in [-0.4, -0.2) is 16.7 Å². The van der Waals surface area contributed by atoms with Crippen molar-refractivity contribution in [2.75, 3.05) is 12.4 Å². The monoisotopic (exact) mass is 335 g/mol. The molecule has 0 bridgehead atoms. The molecule has 2 aromatic carbocycles. The lowest BCUT2D eigenvalue weighted by Gasteiger charge is -2.28. The van der Waals surface area contributed by atoms with E-state index in [1.165, 1.54) is 13.2 Å². The number of hydrogen-bond acceptors (Lipinski definition) is 5. The Balaban J connectivity index is 2.01. The van der Waals surface area contributed by atoms with E-state index in [0.29, 0.717) is 17.3 Å². The molecule has 0 fully saturated rings. The molecule has 0 amide bonds. The van der Waals surface area contributed by atoms with Gasteiger partial charge in [0.2, 0.25) is 5.95 Å². The van der Waals surface area contributed by atoms with Crippen molar-refractivity contribution in [2.45, 2.75) is 6.04 Å². The molecule has 1 aliphatic rings. The number of anilines is 1. The lowest BCUT2D eigenvalue weighted by atomic mass is 9.97. The lowest BCUT2D eigenvalue weighted by molar-refractivity contribution is 0.410. The van der Waals surface area contributed by atoms with Gasteiger partial charge in [0.25, 0.3) is 0 Å². The van der Waals surface area contributed by atoms with Crippen molar-refractivity contribution in [1.29, 1.82) is 5.26 Å². The molecule has 124 valence electrons. The fraction of sp³-hybridized carbons (Fsp3) is 0.111. The summed E-state index contributed by atoms with van der Waals surface area (Å²) >= 11 is 0. The summed E-state index contributed by atoms with van der Waals surface area (Å²) in [7, 11) is 1.47. The Hall–Kier alpha value is -3.53. The second kappa shape index (κ2) is 5.53. The first kappa shape index (κ1) is 15.0. The maximum Gasteiger partial charge on any atom is 0.210 e. The molecular weight excluding hydrogens is 321 g/mol. The van der Waals surface area contributed by atoms with Crippen LogP contribution in [0.25, 0.3) is 11.0 Å². The highest BCUT2D eigenvalue weighted by molar-refractivity contribution is 5.80. The molecule has 6 nitrogen and oxygen atoms in total. The highest BCUT2D eigenvalue weighted by Gasteiger charge is 2.32. The zero-order chi connectivity index (χ0) is 17.6. The zero-order valence-electron chi connectivity index (χ0n) is 13.3. The van der Waals surface area contributed by atoms with Crippen LogP contribution in [-0.2, 0) is 0 Å². The third kappa shape index (κ3) is 2.19. The Morgan fingerprint density at radius 1 is 1.32 bits per heavy atom. The summed E-state index contributed by atoms with van der Waals surface area (Å²) in [5, 5.41) is 12.5. The first-order valence-corrected chi connectivity index (χ1v) is 7.61. The first-order chi connectivity index (χ1) is 12.1. The number of ether oxygens (including phenoxy) is 1. The molecule has 1 atom stereocenters. The number of hydrogen-bond donors (Lipinski definition) is 2. The van der Waals surface area contributed by atoms with Gasteiger partial charge in [-0.1, -0.05) is 12.1 Å². The van der Waals surface area contributed by atoms with Crippen molar-refractivity contribution in [3.05, 3.63) is 65.2 Å². The number of allylic oxidation sites excluding steroid dienone is 1. The Kier molecular flexibility index (Phi) is 3.32. The highest BCUT2D eigenvalue weighted by Crippen LogP contribution is 2.39. The standard InChI is InChI=1S/C18H14FN5O/c1-25-10-6-7-11(13(19)8-10)16-12(9-20)17(21)23-18-22-14-4-2-3-5-15(14)24(16)18/h2-8,16H,21H2,1H3,(H,22,23)/t16-/m1/s1. The lowest BCUT2D eigenvalue weighted by Crippen LogP contribution is -2.28. The Morgan fingerprint density at radius 3 is 2.84 bits per heavy atom. The number of halogens is 1. The van der Waals surface area contributed by atoms with Gasteiger partial charge in [0.15, 0.2) is 0 Å². The number of rotatable bonds is 2. The van der Waals surface area contributed by atoms with Crippen LogP contribution in [0.1, 0.15) is 11.6 Å². The summed E-state index contributed by atoms with van der Waals surface area (Å²) < 4.78 is 21.6. The van der Waals surface area contributed by atoms with Gasteiger partial charge in [-0.2, -0.15) is 5.26 Å². The average Bonchev–Trinajstić information content (AvgIpc) is 2.98. The van der Waals surface area contributed by atoms with E-state index in [4.69, 9.17) is 10.5 Å². The quantitative estimate of drug-likeness (QED) is 0.752. The maximum atomic E-state index is 14.8. The van der Waals surface area contributed by atoms with Crippen molar-refractivity contribution in [3.63, 3.8) is 0 Å². The van der Waals surface area contributed by atoms with E-state index in [9.17, 15) is 9.65 Å². The van der Waals surface area contributed by atoms with Crippen LogP contribution in [0, 0.1) is 17.1 Å². The van der Waals surface area contributed by atoms with E-state index in [0.717, 1.165) is 11.0 Å². The summed E-state index contributed by atoms with van der Waals surface area (Å²) in [5.41, 5.74) is 8.08. The summed E-state index contributed by atoms with van der Waals surface area (Å²) in [6.45, 7) is 0. The van der Waals surface area contributed by atoms with E-state index in [-0.39, 0.29) is 11.4 Å². The van der Waals surface area contributed by atoms with Gasteiger partial charge in [0.05, 0.1) is 23.7 Å². The minimum Gasteiger partial charge on any atom is -0.497 e. The maximum absolute atomic E-state index is 14.8. The number of nitrogens with zero attached hydrogens (tertiary/aromatic N) is 3. The Labute approximate surface area is 142 Å². The molecule has 4 rings (SSSR count). The number of nitrogens with one attached hydrogen (secondary N) is 1. The van der Waals surface area contributed by atoms with Crippen LogP contribution in [0.3, 0.4) is 0 Å². The fourth-order valence-electron chi connectivity index (χ4n) is 3.13. The van der Waals surface area contributed by atoms with Crippen molar-refractivity contribution in [2.24, 2.45) is 5.73 Å². The highest BCUT2D eigenvalue weighted by atomic mass is 19.1. The van der Waals surface area contributed by atoms with E-state index in [1.807, 2.05) is 24.3 Å². The molecule has 0 radical (unpaired) electrons. The van der Waals surface area contributed by atoms with Gasteiger partial charge in [-0.05, 0) is 24.3 Å². The smallest absolute Gasteiger partial charge is 0.210 e. The van der Waals surface area contributed by atoms with Crippen LogP contribution >= 0.6 is 0 Å². The number of para-hydroxylation sites is 2. The van der Waals surface area contributed by atoms with Gasteiger partial charge in [0.1, 0.15) is 29.5 Å². The van der Waals surface area contributed by atoms with Gasteiger partial charge in [-0.3, -0.25) is 4.57 Å². The van der Waals surface area contributed by atoms with Crippen molar-refractivity contribution in [3.8, 4) is 11.8 Å². The van der Waals surface area contributed by atoms with Gasteiger partial charge in [0, 0.05) is 11.6 Å². The molecule has 0 aliphatic carbocycles. The van der Waals surface area contributed by atoms with Gasteiger partial charge >= 0.3 is 0 Å². The third-order valence-electron chi connectivity index (χ3n) is 4.29. The number of methoxy groups -OCH3 is 1. The molecular formula is C18H14FN5O. The minimum atomic E-state index is -0.709. The summed E-state index contributed by atoms with van der Waals surface area (Å²) in [4.78, 5) is 4.49. The Bertz CT molecular complexity index is 1060. The number of benzene rings is 2. The fourth-order valence-corrected chi connectivity index (χ4v) is 3.13. The Morgan fingerprint density at radius 2 is 2.12 bits per heavy atom. The van der Waals surface area contributed by atoms with Crippen LogP contribution < -0.4 is 15.8 Å². The van der Waals surface area contributed by atoms with E-state index in [2.05, 4.69) is 16.4 Å². The molecule has 25 heavy (non-hydrogen) atoms. The molecule has 1 aromatic heterocycles. The number of nitrogens with two attached hydrogens (primary N) is 1. The topological polar surface area (TPSA) is 88.9 Å². The zero-order valence-corrected chi connectivity index (χ0v) is 13.3. The summed E-state index contributed by atoms with van der Waals surface area (Å²) in [6.07, 6.45) is 0. The van der Waals surface area contributed by atoms with Crippen LogP contribution in [0.2, 0.25) is 0 Å². The van der Waals surface area contributed by atoms with E-state index in [1.54, 1.807) is 16.7 Å². The molecule has 0 saturated heterocycles. The summed E-state index contributed by atoms with van der Waals surface area (Å²) in [5.74, 6) is 0.570. The average molecular weight is 335 g/mol. The number of aromatic nitrogens is 2. The molecule has 0 saturated carbocycles. The molecule has 0 spiro atoms. The normalized spacial score (nSPS) is 16.3. The van der Waals surface area contributed by atoms with Crippen molar-refractivity contribution in [1.82, 2.24) is 9.55 Å². The number of imidazole rings is 1. The molecule has 3 aromatic rings. The first-order valence-electron chi connectivity index (χ1n) is 7.61. The minimum absolute atomic E-state index is 0.172. The van der Waals surface area contributed by atoms with Crippen molar-refractivity contribution >= 4 is 17.0 Å². The van der Waals surface area contributed by atoms with Crippen LogP contribution in [0.4, 0.5) is 10.3 Å². The largest absolute Gasteiger partial charge is 0.497 e. The molecule has 3 N–H and O–H groups in total. The van der Waals surface area contributed by atoms with E-state index < -0.39 is 11.9 Å². The molecule has 1 aliphatic heterocycles. The molecule has 7 heteroatoms. The van der Waals surface area contributed by atoms with Crippen molar-refractivity contribution < 1.29 is 9.13 Å². The predicted molar refractivity (Wildman–Crippen MR) is 91.3 cm³/mol. The van der Waals surface area contributed by atoms with Gasteiger partial charge in [-0.15, -0.1) is 0 Å². The predicted octanol–water partition coefficient (Wildman–Crippen LogP) is 2.89. The second-order valence-corrected chi connectivity index (χ2v) is 5.65. The second-order valence-electron chi connectivity index (χ2n) is 5.65. The summed E-state index contributed by atoms with van der Waals surface area (Å²) in [6, 6.07) is 13.4. The third-order valence-corrected chi connectivity index (χ3v) is 4.29. The van der Waals surface area contributed by atoms with E-state index >= 15 is 0 Å².